The first-order valence-corrected chi connectivity index (χ1v) is 7.44. The Hall–Kier alpha value is 0.0800. The van der Waals surface area contributed by atoms with Crippen LogP contribution < -0.4 is 4.74 Å². The molecule has 96 valence electrons. The van der Waals surface area contributed by atoms with Crippen LogP contribution in [-0.2, 0) is 0 Å². The monoisotopic (exact) mass is 338 g/mol. The molecule has 1 rings (SSSR count). The van der Waals surface area contributed by atoms with Gasteiger partial charge in [-0.05, 0) is 24.5 Å². The van der Waals surface area contributed by atoms with Gasteiger partial charge in [-0.25, -0.2) is 0 Å². The van der Waals surface area contributed by atoms with Crippen LogP contribution in [-0.4, -0.2) is 6.61 Å². The molecule has 0 amide bonds. The fourth-order valence-electron chi connectivity index (χ4n) is 1.53. The van der Waals surface area contributed by atoms with Crippen LogP contribution in [0.3, 0.4) is 0 Å². The Morgan fingerprint density at radius 2 is 1.88 bits per heavy atom. The number of hydrogen-bond acceptors (Lipinski definition) is 1. The van der Waals surface area contributed by atoms with Crippen molar-refractivity contribution in [2.45, 2.75) is 32.0 Å². The van der Waals surface area contributed by atoms with Gasteiger partial charge in [0.1, 0.15) is 5.75 Å². The molecule has 0 aliphatic heterocycles. The third-order valence-corrected chi connectivity index (χ3v) is 4.81. The lowest BCUT2D eigenvalue weighted by Crippen LogP contribution is -2.03. The third-order valence-electron chi connectivity index (χ3n) is 2.79. The van der Waals surface area contributed by atoms with Gasteiger partial charge in [-0.3, -0.25) is 0 Å². The second kappa shape index (κ2) is 6.86. The molecule has 1 aromatic carbocycles. The highest BCUT2D eigenvalue weighted by Gasteiger charge is 2.19. The predicted octanol–water partition coefficient (Wildman–Crippen LogP) is 5.87. The maximum absolute atomic E-state index is 6.26. The minimum absolute atomic E-state index is 0.216. The van der Waals surface area contributed by atoms with Gasteiger partial charge in [0.15, 0.2) is 0 Å². The van der Waals surface area contributed by atoms with Crippen LogP contribution in [0.15, 0.2) is 12.1 Å². The number of halogens is 3. The maximum Gasteiger partial charge on any atom is 0.139 e. The van der Waals surface area contributed by atoms with Crippen molar-refractivity contribution in [2.24, 2.45) is 5.92 Å². The molecule has 0 aromatic heterocycles. The van der Waals surface area contributed by atoms with Gasteiger partial charge in [0.25, 0.3) is 0 Å². The minimum atomic E-state index is 0.216. The smallest absolute Gasteiger partial charge is 0.139 e. The molecule has 4 heteroatoms. The van der Waals surface area contributed by atoms with Crippen molar-refractivity contribution >= 4 is 39.1 Å². The van der Waals surface area contributed by atoms with Gasteiger partial charge >= 0.3 is 0 Å². The van der Waals surface area contributed by atoms with Crippen LogP contribution in [0.1, 0.15) is 37.6 Å². The largest absolute Gasteiger partial charge is 0.492 e. The molecule has 1 aromatic rings. The summed E-state index contributed by atoms with van der Waals surface area (Å²) in [5, 5.41) is 1.30. The fraction of sp³-hybridized carbons (Fsp3) is 0.538. The van der Waals surface area contributed by atoms with E-state index in [9.17, 15) is 0 Å². The molecule has 0 radical (unpaired) electrons. The van der Waals surface area contributed by atoms with Crippen LogP contribution >= 0.6 is 39.1 Å². The molecule has 0 aliphatic carbocycles. The summed E-state index contributed by atoms with van der Waals surface area (Å²) in [6.07, 6.45) is 1.08. The second-order valence-electron chi connectivity index (χ2n) is 4.02. The quantitative estimate of drug-likeness (QED) is 0.609. The third kappa shape index (κ3) is 3.77. The highest BCUT2D eigenvalue weighted by molar-refractivity contribution is 9.09. The Balaban J connectivity index is 3.06. The standard InChI is InChI=1S/C13H17BrCl2O/c1-4-8(3)13(14)9-6-11(16)12(17-5-2)7-10(9)15/h6-8,13H,4-5H2,1-3H3. The van der Waals surface area contributed by atoms with Crippen molar-refractivity contribution in [1.82, 2.24) is 0 Å². The molecule has 2 atom stereocenters. The summed E-state index contributed by atoms with van der Waals surface area (Å²) in [6, 6.07) is 3.68. The van der Waals surface area contributed by atoms with Gasteiger partial charge in [0.05, 0.1) is 11.6 Å². The molecular formula is C13H17BrCl2O. The minimum Gasteiger partial charge on any atom is -0.492 e. The lowest BCUT2D eigenvalue weighted by atomic mass is 9.98. The molecule has 0 aliphatic rings. The van der Waals surface area contributed by atoms with Crippen molar-refractivity contribution in [3.8, 4) is 5.75 Å². The van der Waals surface area contributed by atoms with E-state index < -0.39 is 0 Å². The summed E-state index contributed by atoms with van der Waals surface area (Å²) >= 11 is 16.1. The molecule has 0 heterocycles. The highest BCUT2D eigenvalue weighted by Crippen LogP contribution is 2.41. The molecule has 2 unspecified atom stereocenters. The summed E-state index contributed by atoms with van der Waals surface area (Å²) in [5.41, 5.74) is 1.02. The number of ether oxygens (including phenoxy) is 1. The molecule has 0 saturated heterocycles. The van der Waals surface area contributed by atoms with E-state index >= 15 is 0 Å². The predicted molar refractivity (Wildman–Crippen MR) is 78.8 cm³/mol. The van der Waals surface area contributed by atoms with Gasteiger partial charge in [-0.15, -0.1) is 0 Å². The zero-order chi connectivity index (χ0) is 13.0. The average Bonchev–Trinajstić information content (AvgIpc) is 2.31. The van der Waals surface area contributed by atoms with E-state index in [1.807, 2.05) is 13.0 Å². The first-order valence-electron chi connectivity index (χ1n) is 5.77. The van der Waals surface area contributed by atoms with Crippen LogP contribution in [0.5, 0.6) is 5.75 Å². The van der Waals surface area contributed by atoms with Gasteiger partial charge < -0.3 is 4.74 Å². The number of benzene rings is 1. The van der Waals surface area contributed by atoms with E-state index in [0.717, 1.165) is 12.0 Å². The Kier molecular flexibility index (Phi) is 6.11. The summed E-state index contributed by atoms with van der Waals surface area (Å²) in [4.78, 5) is 0.216. The molecule has 0 fully saturated rings. The highest BCUT2D eigenvalue weighted by atomic mass is 79.9. The molecule has 17 heavy (non-hydrogen) atoms. The topological polar surface area (TPSA) is 9.23 Å². The molecule has 0 bridgehead atoms. The lowest BCUT2D eigenvalue weighted by Gasteiger charge is -2.19. The van der Waals surface area contributed by atoms with Gasteiger partial charge in [0.2, 0.25) is 0 Å². The van der Waals surface area contributed by atoms with Crippen molar-refractivity contribution in [3.05, 3.63) is 27.7 Å². The zero-order valence-electron chi connectivity index (χ0n) is 10.3. The number of rotatable bonds is 5. The molecule has 0 saturated carbocycles. The van der Waals surface area contributed by atoms with E-state index in [4.69, 9.17) is 27.9 Å². The van der Waals surface area contributed by atoms with E-state index in [0.29, 0.717) is 28.3 Å². The SMILES string of the molecule is CCOc1cc(Cl)c(C(Br)C(C)CC)cc1Cl. The summed E-state index contributed by atoms with van der Waals surface area (Å²) in [7, 11) is 0. The van der Waals surface area contributed by atoms with Crippen LogP contribution in [0.25, 0.3) is 0 Å². The van der Waals surface area contributed by atoms with E-state index in [1.54, 1.807) is 6.07 Å². The Bertz CT molecular complexity index is 382. The normalized spacial score (nSPS) is 14.5. The lowest BCUT2D eigenvalue weighted by molar-refractivity contribution is 0.340. The van der Waals surface area contributed by atoms with Crippen molar-refractivity contribution < 1.29 is 4.74 Å². The Labute approximate surface area is 122 Å². The average molecular weight is 340 g/mol. The van der Waals surface area contributed by atoms with Crippen LogP contribution in [0.2, 0.25) is 10.0 Å². The van der Waals surface area contributed by atoms with Crippen LogP contribution in [0, 0.1) is 5.92 Å². The number of hydrogen-bond donors (Lipinski definition) is 0. The molecule has 0 spiro atoms. The first kappa shape index (κ1) is 15.1. The van der Waals surface area contributed by atoms with Gasteiger partial charge in [-0.1, -0.05) is 59.4 Å². The van der Waals surface area contributed by atoms with Gasteiger partial charge in [0, 0.05) is 15.9 Å². The summed E-state index contributed by atoms with van der Waals surface area (Å²) in [6.45, 7) is 6.84. The van der Waals surface area contributed by atoms with Gasteiger partial charge in [-0.2, -0.15) is 0 Å². The van der Waals surface area contributed by atoms with E-state index in [2.05, 4.69) is 29.8 Å². The Morgan fingerprint density at radius 3 is 2.41 bits per heavy atom. The Morgan fingerprint density at radius 1 is 1.24 bits per heavy atom. The maximum atomic E-state index is 6.26. The first-order chi connectivity index (χ1) is 8.01. The fourth-order valence-corrected chi connectivity index (χ4v) is 2.92. The number of alkyl halides is 1. The zero-order valence-corrected chi connectivity index (χ0v) is 13.4. The summed E-state index contributed by atoms with van der Waals surface area (Å²) in [5.74, 6) is 1.15. The van der Waals surface area contributed by atoms with Crippen molar-refractivity contribution in [1.29, 1.82) is 0 Å². The van der Waals surface area contributed by atoms with Crippen LogP contribution in [0.4, 0.5) is 0 Å². The van der Waals surface area contributed by atoms with Crippen molar-refractivity contribution in [3.63, 3.8) is 0 Å². The molecule has 0 N–H and O–H groups in total. The van der Waals surface area contributed by atoms with Crippen molar-refractivity contribution in [2.75, 3.05) is 6.61 Å². The second-order valence-corrected chi connectivity index (χ2v) is 5.83. The molecule has 1 nitrogen and oxygen atoms in total. The summed E-state index contributed by atoms with van der Waals surface area (Å²) < 4.78 is 5.41. The molecular weight excluding hydrogens is 323 g/mol. The van der Waals surface area contributed by atoms with E-state index in [1.165, 1.54) is 0 Å². The van der Waals surface area contributed by atoms with E-state index in [-0.39, 0.29) is 4.83 Å².